The van der Waals surface area contributed by atoms with E-state index in [0.717, 1.165) is 22.3 Å². The van der Waals surface area contributed by atoms with E-state index in [2.05, 4.69) is 10.2 Å². The van der Waals surface area contributed by atoms with Gasteiger partial charge in [0.25, 0.3) is 5.91 Å². The summed E-state index contributed by atoms with van der Waals surface area (Å²) in [6.07, 6.45) is 0.497. The van der Waals surface area contributed by atoms with Crippen LogP contribution in [0.25, 0.3) is 11.3 Å². The highest BCUT2D eigenvalue weighted by atomic mass is 16.3. The number of carbonyl (C=O) groups excluding carboxylic acids is 1. The van der Waals surface area contributed by atoms with Gasteiger partial charge in [0.05, 0.1) is 6.04 Å². The molecule has 0 saturated heterocycles. The highest BCUT2D eigenvalue weighted by molar-refractivity contribution is 6.00. The topological polar surface area (TPSA) is 89.5 Å². The van der Waals surface area contributed by atoms with Crippen LogP contribution in [0.5, 0.6) is 5.75 Å². The second-order valence-corrected chi connectivity index (χ2v) is 7.23. The van der Waals surface area contributed by atoms with Gasteiger partial charge in [0.2, 0.25) is 0 Å². The molecule has 0 radical (unpaired) electrons. The molecule has 3 aromatic rings. The number of hydrogen-bond donors (Lipinski definition) is 3. The number of carbonyl (C=O) groups is 1. The zero-order chi connectivity index (χ0) is 19.8. The average Bonchev–Trinajstić information content (AvgIpc) is 3.23. The number of rotatable bonds is 5. The summed E-state index contributed by atoms with van der Waals surface area (Å²) in [6, 6.07) is 13.3. The van der Waals surface area contributed by atoms with E-state index in [4.69, 9.17) is 0 Å². The van der Waals surface area contributed by atoms with Crippen molar-refractivity contribution >= 4 is 5.91 Å². The van der Waals surface area contributed by atoms with Crippen molar-refractivity contribution in [2.45, 2.75) is 26.3 Å². The van der Waals surface area contributed by atoms with E-state index < -0.39 is 0 Å². The molecule has 1 aliphatic rings. The number of fused-ring (bicyclic) bond motifs is 1. The maximum atomic E-state index is 13.1. The highest BCUT2D eigenvalue weighted by Crippen LogP contribution is 2.45. The zero-order valence-corrected chi connectivity index (χ0v) is 15.9. The van der Waals surface area contributed by atoms with Gasteiger partial charge in [-0.1, -0.05) is 36.4 Å². The molecule has 1 amide bonds. The fraction of sp³-hybridized carbons (Fsp3) is 0.273. The Labute approximate surface area is 163 Å². The van der Waals surface area contributed by atoms with Crippen molar-refractivity contribution < 1.29 is 15.0 Å². The fourth-order valence-corrected chi connectivity index (χ4v) is 4.00. The first-order chi connectivity index (χ1) is 13.5. The summed E-state index contributed by atoms with van der Waals surface area (Å²) >= 11 is 0. The molecular formula is C22H23N3O3. The predicted molar refractivity (Wildman–Crippen MR) is 106 cm³/mol. The Morgan fingerprint density at radius 2 is 1.93 bits per heavy atom. The molecule has 4 rings (SSSR count). The van der Waals surface area contributed by atoms with E-state index in [1.165, 1.54) is 0 Å². The average molecular weight is 377 g/mol. The van der Waals surface area contributed by atoms with Crippen LogP contribution in [0.15, 0.2) is 42.5 Å². The van der Waals surface area contributed by atoms with Crippen molar-refractivity contribution in [3.63, 3.8) is 0 Å². The van der Waals surface area contributed by atoms with Gasteiger partial charge in [0.15, 0.2) is 0 Å². The smallest absolute Gasteiger partial charge is 0.273 e. The second kappa shape index (κ2) is 7.13. The van der Waals surface area contributed by atoms with Gasteiger partial charge >= 0.3 is 0 Å². The number of aromatic hydroxyl groups is 1. The maximum absolute atomic E-state index is 13.1. The van der Waals surface area contributed by atoms with Crippen molar-refractivity contribution in [1.82, 2.24) is 15.1 Å². The summed E-state index contributed by atoms with van der Waals surface area (Å²) in [5, 5.41) is 27.2. The molecule has 3 N–H and O–H groups in total. The van der Waals surface area contributed by atoms with Gasteiger partial charge in [0, 0.05) is 24.3 Å². The van der Waals surface area contributed by atoms with Crippen LogP contribution in [-0.2, 0) is 0 Å². The van der Waals surface area contributed by atoms with Gasteiger partial charge < -0.3 is 15.1 Å². The summed E-state index contributed by atoms with van der Waals surface area (Å²) in [5.74, 6) is 0.0351. The predicted octanol–water partition coefficient (Wildman–Crippen LogP) is 3.33. The first kappa shape index (κ1) is 18.3. The summed E-state index contributed by atoms with van der Waals surface area (Å²) in [4.78, 5) is 14.8. The van der Waals surface area contributed by atoms with Gasteiger partial charge in [-0.15, -0.1) is 0 Å². The Balaban J connectivity index is 1.91. The van der Waals surface area contributed by atoms with Gasteiger partial charge in [0.1, 0.15) is 17.1 Å². The number of aliphatic hydroxyl groups excluding tert-OH is 1. The van der Waals surface area contributed by atoms with Gasteiger partial charge in [-0.05, 0) is 43.0 Å². The molecular weight excluding hydrogens is 354 g/mol. The summed E-state index contributed by atoms with van der Waals surface area (Å²) in [7, 11) is 0. The molecule has 0 bridgehead atoms. The van der Waals surface area contributed by atoms with E-state index in [1.54, 1.807) is 4.90 Å². The van der Waals surface area contributed by atoms with E-state index >= 15 is 0 Å². The van der Waals surface area contributed by atoms with Crippen LogP contribution in [0.4, 0.5) is 0 Å². The van der Waals surface area contributed by atoms with E-state index in [1.807, 2.05) is 56.3 Å². The number of phenols is 1. The second-order valence-electron chi connectivity index (χ2n) is 7.23. The minimum Gasteiger partial charge on any atom is -0.507 e. The van der Waals surface area contributed by atoms with Crippen molar-refractivity contribution in [2.24, 2.45) is 0 Å². The minimum absolute atomic E-state index is 0.0161. The van der Waals surface area contributed by atoms with Gasteiger partial charge in [-0.3, -0.25) is 9.89 Å². The van der Waals surface area contributed by atoms with E-state index in [9.17, 15) is 15.0 Å². The molecule has 1 aromatic heterocycles. The van der Waals surface area contributed by atoms with Crippen LogP contribution in [-0.4, -0.2) is 44.4 Å². The minimum atomic E-state index is -0.316. The van der Waals surface area contributed by atoms with Crippen LogP contribution in [0.2, 0.25) is 0 Å². The largest absolute Gasteiger partial charge is 0.507 e. The van der Waals surface area contributed by atoms with Crippen LogP contribution in [0.1, 0.15) is 45.2 Å². The quantitative estimate of drug-likeness (QED) is 0.636. The Kier molecular flexibility index (Phi) is 4.65. The molecule has 0 unspecified atom stereocenters. The lowest BCUT2D eigenvalue weighted by Crippen LogP contribution is -2.31. The third-order valence-electron chi connectivity index (χ3n) is 5.24. The van der Waals surface area contributed by atoms with Crippen LogP contribution in [0, 0.1) is 13.8 Å². The standard InChI is InChI=1S/C22H23N3O3/c1-13-11-14(2)21(27)16(12-13)18-17-19(24-23-18)22(28)25(9-6-10-26)20(17)15-7-4-3-5-8-15/h3-5,7-8,11-12,20,26-27H,6,9-10H2,1-2H3,(H,23,24)/t20-/m0/s1. The monoisotopic (exact) mass is 377 g/mol. The lowest BCUT2D eigenvalue weighted by Gasteiger charge is -2.26. The summed E-state index contributed by atoms with van der Waals surface area (Å²) in [5.41, 5.74) is 5.18. The lowest BCUT2D eigenvalue weighted by atomic mass is 9.94. The molecule has 6 heteroatoms. The number of nitrogens with zero attached hydrogens (tertiary/aromatic N) is 2. The number of aromatic amines is 1. The number of amides is 1. The molecule has 0 spiro atoms. The SMILES string of the molecule is Cc1cc(C)c(O)c(-c2n[nH]c3c2[C@H](c2ccccc2)N(CCCO)C3=O)c1. The Hall–Kier alpha value is -3.12. The molecule has 1 atom stereocenters. The molecule has 0 saturated carbocycles. The van der Waals surface area contributed by atoms with Crippen LogP contribution in [0.3, 0.4) is 0 Å². The Morgan fingerprint density at radius 1 is 1.18 bits per heavy atom. The normalized spacial score (nSPS) is 15.9. The number of nitrogens with one attached hydrogen (secondary N) is 1. The van der Waals surface area contributed by atoms with Crippen molar-refractivity contribution in [1.29, 1.82) is 0 Å². The number of hydrogen-bond acceptors (Lipinski definition) is 4. The number of phenolic OH excluding ortho intramolecular Hbond substituents is 1. The van der Waals surface area contributed by atoms with Crippen molar-refractivity contribution in [3.8, 4) is 17.0 Å². The molecule has 144 valence electrons. The number of aromatic nitrogens is 2. The highest BCUT2D eigenvalue weighted by Gasteiger charge is 2.42. The van der Waals surface area contributed by atoms with Crippen molar-refractivity contribution in [3.05, 3.63) is 70.4 Å². The third-order valence-corrected chi connectivity index (χ3v) is 5.24. The first-order valence-corrected chi connectivity index (χ1v) is 9.38. The number of aliphatic hydroxyl groups is 1. The van der Waals surface area contributed by atoms with Crippen molar-refractivity contribution in [2.75, 3.05) is 13.2 Å². The Morgan fingerprint density at radius 3 is 2.64 bits per heavy atom. The number of benzene rings is 2. The molecule has 2 heterocycles. The lowest BCUT2D eigenvalue weighted by molar-refractivity contribution is 0.0732. The summed E-state index contributed by atoms with van der Waals surface area (Å²) in [6.45, 7) is 4.28. The molecule has 0 aliphatic carbocycles. The summed E-state index contributed by atoms with van der Waals surface area (Å²) < 4.78 is 0. The van der Waals surface area contributed by atoms with Gasteiger partial charge in [-0.25, -0.2) is 0 Å². The molecule has 28 heavy (non-hydrogen) atoms. The third kappa shape index (κ3) is 2.86. The van der Waals surface area contributed by atoms with E-state index in [0.29, 0.717) is 29.9 Å². The molecule has 2 aromatic carbocycles. The number of H-pyrrole nitrogens is 1. The molecule has 1 aliphatic heterocycles. The fourth-order valence-electron chi connectivity index (χ4n) is 4.00. The maximum Gasteiger partial charge on any atom is 0.273 e. The van der Waals surface area contributed by atoms with Gasteiger partial charge in [-0.2, -0.15) is 5.10 Å². The number of aryl methyl sites for hydroxylation is 2. The van der Waals surface area contributed by atoms with Crippen LogP contribution >= 0.6 is 0 Å². The van der Waals surface area contributed by atoms with E-state index in [-0.39, 0.29) is 24.3 Å². The first-order valence-electron chi connectivity index (χ1n) is 9.38. The molecule has 6 nitrogen and oxygen atoms in total. The van der Waals surface area contributed by atoms with Crippen LogP contribution < -0.4 is 0 Å². The molecule has 0 fully saturated rings. The zero-order valence-electron chi connectivity index (χ0n) is 15.9. The Bertz CT molecular complexity index is 1030.